The lowest BCUT2D eigenvalue weighted by Crippen LogP contribution is -2.42. The van der Waals surface area contributed by atoms with Crippen molar-refractivity contribution in [2.75, 3.05) is 0 Å². The van der Waals surface area contributed by atoms with Crippen LogP contribution < -0.4 is 14.8 Å². The number of fused-ring (bicyclic) bond motifs is 1. The summed E-state index contributed by atoms with van der Waals surface area (Å²) in [5.41, 5.74) is 1.31. The maximum atomic E-state index is 12.8. The third-order valence-electron chi connectivity index (χ3n) is 5.55. The standard InChI is InChI=1S/C28H22F3NO5/c29-28(30,31)37-25-9-5-4-8-22(25)17-36-23-13-12-19-15-21(11-10-20(19)16-23)26(33)32-24(27(34)35)14-18-6-2-1-3-7-18/h1-13,15-16,24H,14,17H2,(H,32,33)(H,34,35). The van der Waals surface area contributed by atoms with Crippen LogP contribution in [0.1, 0.15) is 21.5 Å². The van der Waals surface area contributed by atoms with E-state index < -0.39 is 24.3 Å². The average Bonchev–Trinajstić information content (AvgIpc) is 2.87. The molecule has 0 radical (unpaired) electrons. The molecule has 0 spiro atoms. The zero-order valence-corrected chi connectivity index (χ0v) is 19.4. The molecule has 0 aliphatic heterocycles. The molecule has 0 saturated carbocycles. The van der Waals surface area contributed by atoms with Gasteiger partial charge in [0.1, 0.15) is 24.1 Å². The van der Waals surface area contributed by atoms with Gasteiger partial charge in [-0.1, -0.05) is 60.7 Å². The number of carboxylic acids is 1. The second kappa shape index (κ2) is 11.0. The van der Waals surface area contributed by atoms with E-state index in [0.29, 0.717) is 16.7 Å². The number of ether oxygens (including phenoxy) is 2. The first kappa shape index (κ1) is 25.6. The molecule has 190 valence electrons. The number of carbonyl (C=O) groups is 2. The van der Waals surface area contributed by atoms with Gasteiger partial charge in [0.15, 0.2) is 0 Å². The van der Waals surface area contributed by atoms with Gasteiger partial charge >= 0.3 is 12.3 Å². The molecule has 4 aromatic rings. The molecule has 9 heteroatoms. The molecule has 4 aromatic carbocycles. The molecule has 1 unspecified atom stereocenters. The topological polar surface area (TPSA) is 84.9 Å². The van der Waals surface area contributed by atoms with E-state index in [1.54, 1.807) is 66.7 Å². The zero-order chi connectivity index (χ0) is 26.4. The number of amides is 1. The lowest BCUT2D eigenvalue weighted by Gasteiger charge is -2.15. The molecule has 1 amide bonds. The van der Waals surface area contributed by atoms with Crippen molar-refractivity contribution in [3.05, 3.63) is 108 Å². The third-order valence-corrected chi connectivity index (χ3v) is 5.55. The first-order chi connectivity index (χ1) is 17.7. The fourth-order valence-electron chi connectivity index (χ4n) is 3.75. The van der Waals surface area contributed by atoms with Crippen LogP contribution in [0.25, 0.3) is 10.8 Å². The van der Waals surface area contributed by atoms with Gasteiger partial charge in [-0.15, -0.1) is 13.2 Å². The van der Waals surface area contributed by atoms with E-state index in [9.17, 15) is 27.9 Å². The van der Waals surface area contributed by atoms with Gasteiger partial charge in [0.05, 0.1) is 0 Å². The van der Waals surface area contributed by atoms with E-state index in [-0.39, 0.29) is 24.3 Å². The Bertz CT molecular complexity index is 1410. The lowest BCUT2D eigenvalue weighted by atomic mass is 10.0. The van der Waals surface area contributed by atoms with Crippen LogP contribution >= 0.6 is 0 Å². The van der Waals surface area contributed by atoms with Gasteiger partial charge in [-0.05, 0) is 46.7 Å². The number of nitrogens with one attached hydrogen (secondary N) is 1. The third kappa shape index (κ3) is 7.00. The SMILES string of the molecule is O=C(NC(Cc1ccccc1)C(=O)O)c1ccc2cc(OCc3ccccc3OC(F)(F)F)ccc2c1. The first-order valence-electron chi connectivity index (χ1n) is 11.3. The Kier molecular flexibility index (Phi) is 7.62. The maximum absolute atomic E-state index is 12.8. The van der Waals surface area contributed by atoms with Crippen molar-refractivity contribution in [1.29, 1.82) is 0 Å². The molecule has 0 fully saturated rings. The minimum atomic E-state index is -4.81. The highest BCUT2D eigenvalue weighted by Gasteiger charge is 2.32. The molecule has 1 atom stereocenters. The van der Waals surface area contributed by atoms with E-state index in [0.717, 1.165) is 10.9 Å². The Morgan fingerprint density at radius 2 is 1.54 bits per heavy atom. The van der Waals surface area contributed by atoms with Crippen LogP contribution in [0.4, 0.5) is 13.2 Å². The summed E-state index contributed by atoms with van der Waals surface area (Å²) < 4.78 is 47.6. The number of rotatable bonds is 9. The van der Waals surface area contributed by atoms with Crippen molar-refractivity contribution < 1.29 is 37.3 Å². The number of carbonyl (C=O) groups excluding carboxylic acids is 1. The second-order valence-electron chi connectivity index (χ2n) is 8.22. The van der Waals surface area contributed by atoms with Gasteiger partial charge in [0.2, 0.25) is 0 Å². The summed E-state index contributed by atoms with van der Waals surface area (Å²) >= 11 is 0. The molecule has 0 heterocycles. The number of halogens is 3. The largest absolute Gasteiger partial charge is 0.573 e. The van der Waals surface area contributed by atoms with Crippen molar-refractivity contribution in [3.8, 4) is 11.5 Å². The predicted octanol–water partition coefficient (Wildman–Crippen LogP) is 5.74. The van der Waals surface area contributed by atoms with E-state index in [1.165, 1.54) is 18.2 Å². The molecule has 0 aliphatic carbocycles. The molecule has 6 nitrogen and oxygen atoms in total. The molecular formula is C28H22F3NO5. The highest BCUT2D eigenvalue weighted by Crippen LogP contribution is 2.28. The van der Waals surface area contributed by atoms with Crippen molar-refractivity contribution in [2.24, 2.45) is 0 Å². The van der Waals surface area contributed by atoms with Gasteiger partial charge in [-0.3, -0.25) is 4.79 Å². The van der Waals surface area contributed by atoms with Crippen LogP contribution in [0, 0.1) is 0 Å². The number of hydrogen-bond donors (Lipinski definition) is 2. The highest BCUT2D eigenvalue weighted by molar-refractivity contribution is 6.00. The van der Waals surface area contributed by atoms with Crippen molar-refractivity contribution >= 4 is 22.6 Å². The van der Waals surface area contributed by atoms with Crippen LogP contribution in [-0.4, -0.2) is 29.4 Å². The van der Waals surface area contributed by atoms with Crippen molar-refractivity contribution in [2.45, 2.75) is 25.4 Å². The first-order valence-corrected chi connectivity index (χ1v) is 11.3. The summed E-state index contributed by atoms with van der Waals surface area (Å²) in [5.74, 6) is -1.58. The number of carboxylic acid groups (broad SMARTS) is 1. The summed E-state index contributed by atoms with van der Waals surface area (Å²) in [5, 5.41) is 13.5. The Morgan fingerprint density at radius 1 is 0.865 bits per heavy atom. The van der Waals surface area contributed by atoms with E-state index in [4.69, 9.17) is 4.74 Å². The maximum Gasteiger partial charge on any atom is 0.573 e. The Balaban J connectivity index is 1.44. The monoisotopic (exact) mass is 509 g/mol. The Hall–Kier alpha value is -4.53. The number of alkyl halides is 3. The van der Waals surface area contributed by atoms with Crippen LogP contribution in [0.3, 0.4) is 0 Å². The van der Waals surface area contributed by atoms with Crippen LogP contribution in [0.5, 0.6) is 11.5 Å². The molecular weight excluding hydrogens is 487 g/mol. The molecule has 0 aliphatic rings. The Morgan fingerprint density at radius 3 is 2.27 bits per heavy atom. The summed E-state index contributed by atoms with van der Waals surface area (Å²) in [6.45, 7) is -0.143. The minimum absolute atomic E-state index is 0.143. The van der Waals surface area contributed by atoms with Crippen LogP contribution in [0.15, 0.2) is 91.0 Å². The Labute approximate surface area is 210 Å². The molecule has 37 heavy (non-hydrogen) atoms. The normalized spacial score (nSPS) is 12.1. The smallest absolute Gasteiger partial charge is 0.489 e. The fourth-order valence-corrected chi connectivity index (χ4v) is 3.75. The minimum Gasteiger partial charge on any atom is -0.489 e. The molecule has 4 rings (SSSR count). The van der Waals surface area contributed by atoms with Gasteiger partial charge in [0, 0.05) is 17.5 Å². The predicted molar refractivity (Wildman–Crippen MR) is 130 cm³/mol. The zero-order valence-electron chi connectivity index (χ0n) is 19.4. The number of aliphatic carboxylic acids is 1. The van der Waals surface area contributed by atoms with Crippen LogP contribution in [-0.2, 0) is 17.8 Å². The number of hydrogen-bond acceptors (Lipinski definition) is 4. The quantitative estimate of drug-likeness (QED) is 0.301. The van der Waals surface area contributed by atoms with Gasteiger partial charge in [0.25, 0.3) is 5.91 Å². The second-order valence-corrected chi connectivity index (χ2v) is 8.22. The molecule has 0 aromatic heterocycles. The fraction of sp³-hybridized carbons (Fsp3) is 0.143. The van der Waals surface area contributed by atoms with E-state index in [2.05, 4.69) is 10.1 Å². The van der Waals surface area contributed by atoms with Crippen molar-refractivity contribution in [3.63, 3.8) is 0 Å². The van der Waals surface area contributed by atoms with Crippen LogP contribution in [0.2, 0.25) is 0 Å². The summed E-state index contributed by atoms with van der Waals surface area (Å²) in [6.07, 6.45) is -4.66. The summed E-state index contributed by atoms with van der Waals surface area (Å²) in [4.78, 5) is 24.4. The molecule has 2 N–H and O–H groups in total. The summed E-state index contributed by atoms with van der Waals surface area (Å²) in [6, 6.07) is 23.5. The van der Waals surface area contributed by atoms with Gasteiger partial charge in [-0.25, -0.2) is 4.79 Å². The number of para-hydroxylation sites is 1. The van der Waals surface area contributed by atoms with Gasteiger partial charge < -0.3 is 19.9 Å². The van der Waals surface area contributed by atoms with E-state index >= 15 is 0 Å². The highest BCUT2D eigenvalue weighted by atomic mass is 19.4. The summed E-state index contributed by atoms with van der Waals surface area (Å²) in [7, 11) is 0. The van der Waals surface area contributed by atoms with Crippen molar-refractivity contribution in [1.82, 2.24) is 5.32 Å². The van der Waals surface area contributed by atoms with Gasteiger partial charge in [-0.2, -0.15) is 0 Å². The lowest BCUT2D eigenvalue weighted by molar-refractivity contribution is -0.275. The molecule has 0 bridgehead atoms. The van der Waals surface area contributed by atoms with E-state index in [1.807, 2.05) is 6.07 Å². The average molecular weight is 509 g/mol. The molecule has 0 saturated heterocycles. The number of benzene rings is 4.